The third-order valence-electron chi connectivity index (χ3n) is 9.14. The lowest BCUT2D eigenvalue weighted by Gasteiger charge is -2.15. The van der Waals surface area contributed by atoms with E-state index in [1.54, 1.807) is 78.9 Å². The number of hydrogen-bond acceptors (Lipinski definition) is 12. The van der Waals surface area contributed by atoms with Crippen LogP contribution < -0.4 is 48.5 Å². The highest BCUT2D eigenvalue weighted by atomic mass is 16.6. The number of para-hydroxylation sites is 1. The standard InChI is InChI=1S/C46H40N2O12/c1-53-32-18-19-34(39(26-32)55-3)45(51)59-31-16-11-27(12-17-31)43(49)47-35-20-13-28(23-40(35)56-4)29-14-21-36(41(24-29)57-5)48-44(50)30-15-22-38(42(25-30)58-6)60-46(52)33-9-7-8-10-37(33)54-2/h7-26H,1-6H3,(H,47,49)(H,48,50). The largest absolute Gasteiger partial charge is 0.497 e. The molecule has 306 valence electrons. The SMILES string of the molecule is COc1ccc(C(=O)Oc2ccc(C(=O)Nc3ccc(-c4ccc(NC(=O)c5ccc(OC(=O)c6ccccc6OC)c(OC)c5)c(OC)c4)cc3OC)cc2)c(OC)c1. The van der Waals surface area contributed by atoms with Crippen LogP contribution in [0.15, 0.2) is 121 Å². The zero-order valence-electron chi connectivity index (χ0n) is 33.4. The summed E-state index contributed by atoms with van der Waals surface area (Å²) in [7, 11) is 8.78. The number of nitrogens with one attached hydrogen (secondary N) is 2. The van der Waals surface area contributed by atoms with Gasteiger partial charge in [-0.25, -0.2) is 9.59 Å². The Kier molecular flexibility index (Phi) is 13.2. The smallest absolute Gasteiger partial charge is 0.347 e. The van der Waals surface area contributed by atoms with Gasteiger partial charge < -0.3 is 48.5 Å². The number of rotatable bonds is 15. The molecule has 0 atom stereocenters. The summed E-state index contributed by atoms with van der Waals surface area (Å²) in [4.78, 5) is 52.3. The number of amides is 2. The van der Waals surface area contributed by atoms with Crippen molar-refractivity contribution in [3.8, 4) is 57.1 Å². The number of benzene rings is 6. The van der Waals surface area contributed by atoms with Gasteiger partial charge in [-0.1, -0.05) is 24.3 Å². The Bertz CT molecular complexity index is 2550. The fourth-order valence-electron chi connectivity index (χ4n) is 6.00. The number of methoxy groups -OCH3 is 6. The Morgan fingerprint density at radius 3 is 1.48 bits per heavy atom. The molecule has 0 heterocycles. The van der Waals surface area contributed by atoms with Gasteiger partial charge in [-0.15, -0.1) is 0 Å². The second kappa shape index (κ2) is 19.0. The predicted molar refractivity (Wildman–Crippen MR) is 223 cm³/mol. The van der Waals surface area contributed by atoms with Crippen LogP contribution in [0.5, 0.6) is 46.0 Å². The summed E-state index contributed by atoms with van der Waals surface area (Å²) in [6, 6.07) is 32.4. The van der Waals surface area contributed by atoms with E-state index in [-0.39, 0.29) is 33.9 Å². The van der Waals surface area contributed by atoms with E-state index in [0.29, 0.717) is 45.7 Å². The van der Waals surface area contributed by atoms with Crippen molar-refractivity contribution >= 4 is 35.1 Å². The third kappa shape index (κ3) is 9.40. The van der Waals surface area contributed by atoms with E-state index in [2.05, 4.69) is 10.6 Å². The van der Waals surface area contributed by atoms with Crippen LogP contribution in [0.2, 0.25) is 0 Å². The van der Waals surface area contributed by atoms with Gasteiger partial charge in [-0.2, -0.15) is 0 Å². The van der Waals surface area contributed by atoms with Crippen LogP contribution in [0.25, 0.3) is 11.1 Å². The highest BCUT2D eigenvalue weighted by Crippen LogP contribution is 2.36. The molecule has 0 saturated carbocycles. The van der Waals surface area contributed by atoms with Crippen molar-refractivity contribution in [3.63, 3.8) is 0 Å². The first-order chi connectivity index (χ1) is 29.1. The average Bonchev–Trinajstić information content (AvgIpc) is 3.29. The molecule has 0 aromatic heterocycles. The summed E-state index contributed by atoms with van der Waals surface area (Å²) >= 11 is 0. The van der Waals surface area contributed by atoms with Gasteiger partial charge in [0.15, 0.2) is 11.5 Å². The van der Waals surface area contributed by atoms with E-state index in [9.17, 15) is 19.2 Å². The Morgan fingerprint density at radius 1 is 0.383 bits per heavy atom. The molecule has 6 rings (SSSR count). The van der Waals surface area contributed by atoms with E-state index < -0.39 is 23.8 Å². The maximum absolute atomic E-state index is 13.4. The first-order valence-electron chi connectivity index (χ1n) is 18.2. The van der Waals surface area contributed by atoms with Gasteiger partial charge >= 0.3 is 11.9 Å². The van der Waals surface area contributed by atoms with Crippen molar-refractivity contribution in [3.05, 3.63) is 144 Å². The van der Waals surface area contributed by atoms with Gasteiger partial charge in [-0.3, -0.25) is 9.59 Å². The minimum Gasteiger partial charge on any atom is -0.497 e. The molecule has 0 bridgehead atoms. The van der Waals surface area contributed by atoms with Gasteiger partial charge in [0.25, 0.3) is 11.8 Å². The molecule has 6 aromatic rings. The molecular weight excluding hydrogens is 773 g/mol. The topological polar surface area (TPSA) is 166 Å². The van der Waals surface area contributed by atoms with Crippen LogP contribution in [0.1, 0.15) is 41.4 Å². The Labute approximate surface area is 345 Å². The third-order valence-corrected chi connectivity index (χ3v) is 9.14. The maximum atomic E-state index is 13.4. The fraction of sp³-hybridized carbons (Fsp3) is 0.130. The molecule has 0 aliphatic heterocycles. The second-order valence-corrected chi connectivity index (χ2v) is 12.7. The van der Waals surface area contributed by atoms with Gasteiger partial charge in [0.05, 0.1) is 54.0 Å². The monoisotopic (exact) mass is 812 g/mol. The van der Waals surface area contributed by atoms with E-state index in [0.717, 1.165) is 11.1 Å². The summed E-state index contributed by atoms with van der Waals surface area (Å²) < 4.78 is 43.5. The van der Waals surface area contributed by atoms with Crippen molar-refractivity contribution in [1.82, 2.24) is 0 Å². The lowest BCUT2D eigenvalue weighted by Crippen LogP contribution is -2.14. The predicted octanol–water partition coefficient (Wildman–Crippen LogP) is 8.35. The van der Waals surface area contributed by atoms with Crippen molar-refractivity contribution < 1.29 is 57.1 Å². The molecule has 2 amide bonds. The molecule has 0 radical (unpaired) electrons. The van der Waals surface area contributed by atoms with E-state index in [1.165, 1.54) is 85.1 Å². The molecule has 0 saturated heterocycles. The van der Waals surface area contributed by atoms with Crippen molar-refractivity contribution in [2.75, 3.05) is 53.3 Å². The zero-order chi connectivity index (χ0) is 42.8. The normalized spacial score (nSPS) is 10.4. The molecule has 14 nitrogen and oxygen atoms in total. The van der Waals surface area contributed by atoms with Gasteiger partial charge in [-0.05, 0) is 102 Å². The van der Waals surface area contributed by atoms with Crippen LogP contribution in [-0.2, 0) is 0 Å². The van der Waals surface area contributed by atoms with Crippen molar-refractivity contribution in [2.45, 2.75) is 0 Å². The van der Waals surface area contributed by atoms with Crippen molar-refractivity contribution in [1.29, 1.82) is 0 Å². The second-order valence-electron chi connectivity index (χ2n) is 12.7. The molecule has 0 unspecified atom stereocenters. The highest BCUT2D eigenvalue weighted by molar-refractivity contribution is 6.06. The van der Waals surface area contributed by atoms with Crippen LogP contribution >= 0.6 is 0 Å². The molecule has 60 heavy (non-hydrogen) atoms. The van der Waals surface area contributed by atoms with E-state index >= 15 is 0 Å². The van der Waals surface area contributed by atoms with Gasteiger partial charge in [0.1, 0.15) is 45.6 Å². The van der Waals surface area contributed by atoms with Crippen LogP contribution in [-0.4, -0.2) is 66.4 Å². The average molecular weight is 813 g/mol. The Balaban J connectivity index is 1.11. The first kappa shape index (κ1) is 41.6. The van der Waals surface area contributed by atoms with Crippen molar-refractivity contribution in [2.24, 2.45) is 0 Å². The fourth-order valence-corrected chi connectivity index (χ4v) is 6.00. The molecule has 0 aliphatic rings. The first-order valence-corrected chi connectivity index (χ1v) is 18.2. The Hall–Kier alpha value is -8.00. The quantitative estimate of drug-likeness (QED) is 0.0753. The molecule has 0 aliphatic carbocycles. The molecule has 2 N–H and O–H groups in total. The van der Waals surface area contributed by atoms with Gasteiger partial charge in [0, 0.05) is 17.2 Å². The molecule has 6 aromatic carbocycles. The summed E-state index contributed by atoms with van der Waals surface area (Å²) in [6.45, 7) is 0. The Morgan fingerprint density at radius 2 is 0.900 bits per heavy atom. The summed E-state index contributed by atoms with van der Waals surface area (Å²) in [5, 5.41) is 5.72. The number of carbonyl (C=O) groups is 4. The number of carbonyl (C=O) groups excluding carboxylic acids is 4. The molecule has 14 heteroatoms. The number of hydrogen-bond donors (Lipinski definition) is 2. The number of ether oxygens (including phenoxy) is 8. The summed E-state index contributed by atoms with van der Waals surface area (Å²) in [5.74, 6) is 0.307. The van der Waals surface area contributed by atoms with Crippen LogP contribution in [0.4, 0.5) is 11.4 Å². The zero-order valence-corrected chi connectivity index (χ0v) is 33.4. The minimum absolute atomic E-state index is 0.120. The molecule has 0 spiro atoms. The van der Waals surface area contributed by atoms with E-state index in [1.807, 2.05) is 0 Å². The molecular formula is C46H40N2O12. The van der Waals surface area contributed by atoms with Crippen LogP contribution in [0, 0.1) is 0 Å². The lowest BCUT2D eigenvalue weighted by atomic mass is 10.0. The highest BCUT2D eigenvalue weighted by Gasteiger charge is 2.20. The summed E-state index contributed by atoms with van der Waals surface area (Å²) in [6.07, 6.45) is 0. The van der Waals surface area contributed by atoms with Crippen LogP contribution in [0.3, 0.4) is 0 Å². The number of esters is 2. The molecule has 0 fully saturated rings. The maximum Gasteiger partial charge on any atom is 0.347 e. The summed E-state index contributed by atoms with van der Waals surface area (Å²) in [5.41, 5.74) is 3.29. The van der Waals surface area contributed by atoms with Gasteiger partial charge in [0.2, 0.25) is 0 Å². The minimum atomic E-state index is -0.651. The van der Waals surface area contributed by atoms with E-state index in [4.69, 9.17) is 37.9 Å². The number of anilines is 2. The lowest BCUT2D eigenvalue weighted by molar-refractivity contribution is 0.0718.